The lowest BCUT2D eigenvalue weighted by Gasteiger charge is -2.08. The number of nitriles is 1. The molecule has 2 aromatic rings. The van der Waals surface area contributed by atoms with Gasteiger partial charge in [-0.1, -0.05) is 12.1 Å². The van der Waals surface area contributed by atoms with Crippen molar-refractivity contribution in [3.8, 4) is 11.8 Å². The van der Waals surface area contributed by atoms with Gasteiger partial charge in [-0.15, -0.1) is 0 Å². The van der Waals surface area contributed by atoms with Crippen LogP contribution in [0.25, 0.3) is 0 Å². The lowest BCUT2D eigenvalue weighted by molar-refractivity contribution is -0.119. The van der Waals surface area contributed by atoms with Crippen molar-refractivity contribution in [2.75, 3.05) is 6.61 Å². The zero-order valence-electron chi connectivity index (χ0n) is 11.2. The molecule has 0 aliphatic rings. The molecule has 1 aromatic carbocycles. The third kappa shape index (κ3) is 3.70. The Morgan fingerprint density at radius 2 is 2.00 bits per heavy atom. The minimum absolute atomic E-state index is 0.0740. The van der Waals surface area contributed by atoms with Crippen LogP contribution in [0.15, 0.2) is 47.4 Å². The molecule has 6 nitrogen and oxygen atoms in total. The van der Waals surface area contributed by atoms with Crippen molar-refractivity contribution in [1.29, 1.82) is 5.26 Å². The fraction of sp³-hybridized carbons (Fsp3) is 0.133. The molecule has 0 aliphatic carbocycles. The first-order chi connectivity index (χ1) is 10.1. The third-order valence-electron chi connectivity index (χ3n) is 2.79. The third-order valence-corrected chi connectivity index (χ3v) is 2.79. The van der Waals surface area contributed by atoms with Gasteiger partial charge in [0.15, 0.2) is 12.4 Å². The van der Waals surface area contributed by atoms with Gasteiger partial charge in [0.1, 0.15) is 0 Å². The quantitative estimate of drug-likeness (QED) is 0.870. The van der Waals surface area contributed by atoms with Crippen LogP contribution in [0.5, 0.6) is 5.75 Å². The molecule has 1 amide bonds. The van der Waals surface area contributed by atoms with Gasteiger partial charge in [0.25, 0.3) is 11.5 Å². The molecule has 0 aliphatic heterocycles. The monoisotopic (exact) mass is 283 g/mol. The average Bonchev–Trinajstić information content (AvgIpc) is 2.49. The maximum atomic E-state index is 12.1. The van der Waals surface area contributed by atoms with E-state index in [1.807, 2.05) is 6.07 Å². The van der Waals surface area contributed by atoms with Gasteiger partial charge < -0.3 is 15.0 Å². The molecule has 1 heterocycles. The highest BCUT2D eigenvalue weighted by atomic mass is 16.5. The molecular weight excluding hydrogens is 270 g/mol. The number of carbonyl (C=O) groups excluding carboxylic acids is 1. The smallest absolute Gasteiger partial charge is 0.293 e. The van der Waals surface area contributed by atoms with Crippen LogP contribution in [-0.4, -0.2) is 17.1 Å². The molecule has 0 radical (unpaired) electrons. The predicted octanol–water partition coefficient (Wildman–Crippen LogP) is 0.632. The van der Waals surface area contributed by atoms with Crippen LogP contribution in [0.1, 0.15) is 11.1 Å². The number of hydrogen-bond donors (Lipinski definition) is 1. The summed E-state index contributed by atoms with van der Waals surface area (Å²) < 4.78 is 6.52. The topological polar surface area (TPSA) is 98.1 Å². The number of hydrogen-bond acceptors (Lipinski definition) is 4. The first-order valence-corrected chi connectivity index (χ1v) is 6.20. The van der Waals surface area contributed by atoms with Crippen LogP contribution >= 0.6 is 0 Å². The van der Waals surface area contributed by atoms with Crippen LogP contribution in [0.2, 0.25) is 0 Å². The lowest BCUT2D eigenvalue weighted by atomic mass is 10.1. The van der Waals surface area contributed by atoms with Crippen molar-refractivity contribution in [3.63, 3.8) is 0 Å². The molecule has 0 saturated carbocycles. The molecule has 1 aromatic heterocycles. The number of ether oxygens (including phenoxy) is 1. The first-order valence-electron chi connectivity index (χ1n) is 6.20. The standard InChI is InChI=1S/C15H13N3O3/c16-8-11-3-5-12(6-4-11)9-18-7-1-2-13(15(18)20)21-10-14(17)19/h1-7H,9-10H2,(H2,17,19). The Bertz CT molecular complexity index is 742. The Morgan fingerprint density at radius 1 is 1.29 bits per heavy atom. The van der Waals surface area contributed by atoms with Crippen molar-refractivity contribution in [1.82, 2.24) is 4.57 Å². The summed E-state index contributed by atoms with van der Waals surface area (Å²) in [7, 11) is 0. The molecule has 106 valence electrons. The van der Waals surface area contributed by atoms with E-state index in [2.05, 4.69) is 0 Å². The molecule has 2 N–H and O–H groups in total. The summed E-state index contributed by atoms with van der Waals surface area (Å²) in [6.07, 6.45) is 1.62. The van der Waals surface area contributed by atoms with Crippen molar-refractivity contribution in [2.24, 2.45) is 5.73 Å². The zero-order chi connectivity index (χ0) is 15.2. The van der Waals surface area contributed by atoms with Gasteiger partial charge in [-0.3, -0.25) is 9.59 Å². The van der Waals surface area contributed by atoms with E-state index in [1.165, 1.54) is 10.6 Å². The van der Waals surface area contributed by atoms with Gasteiger partial charge >= 0.3 is 0 Å². The van der Waals surface area contributed by atoms with E-state index in [0.717, 1.165) is 5.56 Å². The molecule has 21 heavy (non-hydrogen) atoms. The average molecular weight is 283 g/mol. The number of pyridine rings is 1. The maximum absolute atomic E-state index is 12.1. The van der Waals surface area contributed by atoms with E-state index in [0.29, 0.717) is 12.1 Å². The molecule has 2 rings (SSSR count). The number of aromatic nitrogens is 1. The second kappa shape index (κ2) is 6.39. The highest BCUT2D eigenvalue weighted by Crippen LogP contribution is 2.07. The number of rotatable bonds is 5. The van der Waals surface area contributed by atoms with Crippen LogP contribution in [-0.2, 0) is 11.3 Å². The van der Waals surface area contributed by atoms with Gasteiger partial charge in [0.05, 0.1) is 18.2 Å². The number of amides is 1. The minimum Gasteiger partial charge on any atom is -0.478 e. The Labute approximate surface area is 121 Å². The number of nitrogens with zero attached hydrogens (tertiary/aromatic N) is 2. The second-order valence-electron chi connectivity index (χ2n) is 4.37. The molecule has 0 atom stereocenters. The highest BCUT2D eigenvalue weighted by Gasteiger charge is 2.06. The van der Waals surface area contributed by atoms with E-state index in [4.69, 9.17) is 15.7 Å². The lowest BCUT2D eigenvalue weighted by Crippen LogP contribution is -2.26. The SMILES string of the molecule is N#Cc1ccc(Cn2cccc(OCC(N)=O)c2=O)cc1. The number of primary amides is 1. The molecule has 0 fully saturated rings. The molecule has 0 saturated heterocycles. The summed E-state index contributed by atoms with van der Waals surface area (Å²) in [5.74, 6) is -0.568. The summed E-state index contributed by atoms with van der Waals surface area (Å²) in [6.45, 7) is 0.00837. The molecular formula is C15H13N3O3. The van der Waals surface area contributed by atoms with Crippen molar-refractivity contribution in [3.05, 3.63) is 64.1 Å². The van der Waals surface area contributed by atoms with E-state index in [9.17, 15) is 9.59 Å². The zero-order valence-corrected chi connectivity index (χ0v) is 11.2. The highest BCUT2D eigenvalue weighted by molar-refractivity contribution is 5.75. The van der Waals surface area contributed by atoms with Crippen LogP contribution in [0.3, 0.4) is 0 Å². The normalized spacial score (nSPS) is 9.86. The van der Waals surface area contributed by atoms with Gasteiger partial charge in [0.2, 0.25) is 0 Å². The van der Waals surface area contributed by atoms with Crippen molar-refractivity contribution < 1.29 is 9.53 Å². The van der Waals surface area contributed by atoms with Gasteiger partial charge in [-0.2, -0.15) is 5.26 Å². The number of benzene rings is 1. The van der Waals surface area contributed by atoms with E-state index in [1.54, 1.807) is 36.5 Å². The van der Waals surface area contributed by atoms with Gasteiger partial charge in [-0.05, 0) is 29.8 Å². The van der Waals surface area contributed by atoms with E-state index >= 15 is 0 Å². The Hall–Kier alpha value is -3.07. The summed E-state index contributed by atoms with van der Waals surface area (Å²) in [5, 5.41) is 8.74. The fourth-order valence-electron chi connectivity index (χ4n) is 1.78. The molecule has 0 unspecified atom stereocenters. The summed E-state index contributed by atoms with van der Waals surface area (Å²) in [6, 6.07) is 12.1. The fourth-order valence-corrected chi connectivity index (χ4v) is 1.78. The van der Waals surface area contributed by atoms with E-state index in [-0.39, 0.29) is 17.9 Å². The summed E-state index contributed by atoms with van der Waals surface area (Å²) >= 11 is 0. The largest absolute Gasteiger partial charge is 0.478 e. The maximum Gasteiger partial charge on any atom is 0.293 e. The van der Waals surface area contributed by atoms with Crippen molar-refractivity contribution in [2.45, 2.75) is 6.54 Å². The Balaban J connectivity index is 2.20. The summed E-state index contributed by atoms with van der Waals surface area (Å²) in [5.41, 5.74) is 6.07. The molecule has 6 heteroatoms. The van der Waals surface area contributed by atoms with Crippen LogP contribution < -0.4 is 16.0 Å². The second-order valence-corrected chi connectivity index (χ2v) is 4.37. The predicted molar refractivity (Wildman–Crippen MR) is 75.7 cm³/mol. The number of nitrogens with two attached hydrogens (primary N) is 1. The molecule has 0 spiro atoms. The van der Waals surface area contributed by atoms with E-state index < -0.39 is 5.91 Å². The Morgan fingerprint density at radius 3 is 2.62 bits per heavy atom. The van der Waals surface area contributed by atoms with Gasteiger partial charge in [-0.25, -0.2) is 0 Å². The van der Waals surface area contributed by atoms with Gasteiger partial charge in [0, 0.05) is 6.20 Å². The van der Waals surface area contributed by atoms with Crippen molar-refractivity contribution >= 4 is 5.91 Å². The first kappa shape index (κ1) is 14.3. The Kier molecular flexibility index (Phi) is 4.36. The van der Waals surface area contributed by atoms with Crippen LogP contribution in [0.4, 0.5) is 0 Å². The minimum atomic E-state index is -0.642. The van der Waals surface area contributed by atoms with Crippen LogP contribution in [0, 0.1) is 11.3 Å². The summed E-state index contributed by atoms with van der Waals surface area (Å²) in [4.78, 5) is 22.8. The number of carbonyl (C=O) groups is 1. The molecule has 0 bridgehead atoms.